The molecule has 0 spiro atoms. The van der Waals surface area contributed by atoms with Crippen LogP contribution in [0.1, 0.15) is 20.3 Å². The van der Waals surface area contributed by atoms with Crippen molar-refractivity contribution in [3.63, 3.8) is 0 Å². The van der Waals surface area contributed by atoms with Crippen LogP contribution in [0, 0.1) is 44.0 Å². The van der Waals surface area contributed by atoms with Crippen LogP contribution >= 0.6 is 0 Å². The zero-order chi connectivity index (χ0) is 7.98. The maximum atomic E-state index is 9.61. The number of hydrogen-bond donors (Lipinski definition) is 0. The van der Waals surface area contributed by atoms with Gasteiger partial charge in [0.2, 0.25) is 0 Å². The molecule has 0 bridgehead atoms. The van der Waals surface area contributed by atoms with Gasteiger partial charge in [0, 0.05) is 6.61 Å². The summed E-state index contributed by atoms with van der Waals surface area (Å²) >= 11 is 0. The average molecular weight is 380 g/mol. The van der Waals surface area contributed by atoms with Gasteiger partial charge >= 0.3 is 31.1 Å². The van der Waals surface area contributed by atoms with Crippen LogP contribution in [0.5, 0.6) is 0 Å². The van der Waals surface area contributed by atoms with E-state index in [2.05, 4.69) is 11.7 Å². The number of hydrogen-bond acceptors (Lipinski definition) is 2. The Morgan fingerprint density at radius 3 is 2.18 bits per heavy atom. The van der Waals surface area contributed by atoms with Crippen LogP contribution in [-0.2, 0) is 9.53 Å². The van der Waals surface area contributed by atoms with Gasteiger partial charge in [0.15, 0.2) is 0 Å². The average Bonchev–Trinajstić information content (AvgIpc) is 2.71. The van der Waals surface area contributed by atoms with E-state index in [0.717, 1.165) is 13.0 Å². The van der Waals surface area contributed by atoms with Gasteiger partial charge in [-0.3, -0.25) is 6.29 Å². The predicted molar refractivity (Wildman–Crippen MR) is 40.2 cm³/mol. The van der Waals surface area contributed by atoms with Crippen LogP contribution in [0.3, 0.4) is 0 Å². The Morgan fingerprint density at radius 2 is 2.18 bits per heavy atom. The minimum absolute atomic E-state index is 0. The summed E-state index contributed by atoms with van der Waals surface area (Å²) in [6, 6.07) is 0. The fraction of sp³-hybridized carbons (Fsp3) is 0.750. The SMILES string of the molecule is CCC(C)[C-]=O.[CH2-]C1CO1.[U+2]. The molecule has 3 heteroatoms. The molecule has 1 rings (SSSR count). The van der Waals surface area contributed by atoms with Gasteiger partial charge in [0.25, 0.3) is 0 Å². The summed E-state index contributed by atoms with van der Waals surface area (Å²) in [6.07, 6.45) is 3.10. The Morgan fingerprint density at radius 1 is 1.82 bits per heavy atom. The minimum Gasteiger partial charge on any atom is -0.542 e. The molecular formula is C8H14O2U. The number of carbonyl (C=O) groups excluding carboxylic acids is 1. The second-order valence-corrected chi connectivity index (χ2v) is 2.38. The smallest absolute Gasteiger partial charge is 0.542 e. The molecule has 0 radical (unpaired) electrons. The van der Waals surface area contributed by atoms with Gasteiger partial charge in [-0.15, -0.1) is 5.92 Å². The van der Waals surface area contributed by atoms with Crippen LogP contribution in [0.25, 0.3) is 0 Å². The van der Waals surface area contributed by atoms with Gasteiger partial charge in [0.1, 0.15) is 0 Å². The van der Waals surface area contributed by atoms with Crippen LogP contribution in [-0.4, -0.2) is 19.0 Å². The maximum absolute atomic E-state index is 9.61. The first kappa shape index (κ1) is 14.2. The van der Waals surface area contributed by atoms with Gasteiger partial charge in [-0.05, 0) is 6.10 Å². The molecular weight excluding hydrogens is 366 g/mol. The fourth-order valence-corrected chi connectivity index (χ4v) is 0.151. The number of epoxide rings is 1. The van der Waals surface area contributed by atoms with Crippen molar-refractivity contribution in [2.24, 2.45) is 5.92 Å². The third-order valence-corrected chi connectivity index (χ3v) is 1.22. The van der Waals surface area contributed by atoms with Crippen LogP contribution in [0.15, 0.2) is 0 Å². The Bertz CT molecular complexity index is 92.1. The topological polar surface area (TPSA) is 29.6 Å². The van der Waals surface area contributed by atoms with E-state index in [1.54, 1.807) is 0 Å². The number of rotatable bonds is 2. The minimum atomic E-state index is 0. The molecule has 0 aliphatic carbocycles. The summed E-state index contributed by atoms with van der Waals surface area (Å²) in [7, 11) is 0. The van der Waals surface area contributed by atoms with E-state index in [0.29, 0.717) is 6.10 Å². The van der Waals surface area contributed by atoms with Crippen molar-refractivity contribution in [1.82, 2.24) is 0 Å². The first-order valence-corrected chi connectivity index (χ1v) is 3.53. The van der Waals surface area contributed by atoms with E-state index in [1.807, 2.05) is 20.1 Å². The summed E-state index contributed by atoms with van der Waals surface area (Å²) in [5.74, 6) is 0.130. The Kier molecular flexibility index (Phi) is 11.3. The van der Waals surface area contributed by atoms with Gasteiger partial charge < -0.3 is 16.5 Å². The van der Waals surface area contributed by atoms with Gasteiger partial charge in [0.05, 0.1) is 0 Å². The molecule has 1 saturated heterocycles. The Hall–Kier alpha value is 0.682. The summed E-state index contributed by atoms with van der Waals surface area (Å²) in [5.41, 5.74) is 0. The monoisotopic (exact) mass is 380 g/mol. The second-order valence-electron chi connectivity index (χ2n) is 2.38. The zero-order valence-corrected chi connectivity index (χ0v) is 11.3. The molecule has 62 valence electrons. The molecule has 1 heterocycles. The largest absolute Gasteiger partial charge is 2.00 e. The summed E-state index contributed by atoms with van der Waals surface area (Å²) in [4.78, 5) is 9.61. The second kappa shape index (κ2) is 8.78. The molecule has 11 heavy (non-hydrogen) atoms. The van der Waals surface area contributed by atoms with E-state index >= 15 is 0 Å². The van der Waals surface area contributed by atoms with Crippen molar-refractivity contribution in [2.75, 3.05) is 6.61 Å². The van der Waals surface area contributed by atoms with Gasteiger partial charge in [-0.25, -0.2) is 0 Å². The van der Waals surface area contributed by atoms with Crippen molar-refractivity contribution < 1.29 is 40.6 Å². The quantitative estimate of drug-likeness (QED) is 0.535. The van der Waals surface area contributed by atoms with E-state index in [1.165, 1.54) is 0 Å². The Balaban J connectivity index is 0. The molecule has 2 unspecified atom stereocenters. The van der Waals surface area contributed by atoms with E-state index in [9.17, 15) is 4.79 Å². The molecule has 1 fully saturated rings. The molecule has 1 aliphatic rings. The van der Waals surface area contributed by atoms with Crippen LogP contribution in [0.4, 0.5) is 0 Å². The van der Waals surface area contributed by atoms with Crippen molar-refractivity contribution >= 4 is 6.29 Å². The molecule has 0 amide bonds. The molecule has 0 aromatic rings. The van der Waals surface area contributed by atoms with Crippen molar-refractivity contribution in [3.05, 3.63) is 6.92 Å². The third-order valence-electron chi connectivity index (χ3n) is 1.22. The standard InChI is InChI=1S/C5H9O.C3H5O.U/c1-3-5(2)4-6;1-3-2-4-3;/h5H,3H2,1-2H3;3H,1-2H2;/q2*-1;+2. The molecule has 1 aliphatic heterocycles. The van der Waals surface area contributed by atoms with Crippen LogP contribution < -0.4 is 0 Å². The number of ether oxygens (including phenoxy) is 1. The van der Waals surface area contributed by atoms with Crippen LogP contribution in [0.2, 0.25) is 0 Å². The Labute approximate surface area is 92.4 Å². The summed E-state index contributed by atoms with van der Waals surface area (Å²) < 4.78 is 4.60. The first-order valence-electron chi connectivity index (χ1n) is 3.53. The van der Waals surface area contributed by atoms with E-state index < -0.39 is 0 Å². The van der Waals surface area contributed by atoms with Crippen molar-refractivity contribution in [1.29, 1.82) is 0 Å². The predicted octanol–water partition coefficient (Wildman–Crippen LogP) is 1.36. The third kappa shape index (κ3) is 13.6. The van der Waals surface area contributed by atoms with Gasteiger partial charge in [-0.2, -0.15) is 0 Å². The zero-order valence-electron chi connectivity index (χ0n) is 7.09. The van der Waals surface area contributed by atoms with E-state index in [4.69, 9.17) is 0 Å². The molecule has 2 nitrogen and oxygen atoms in total. The molecule has 2 atom stereocenters. The van der Waals surface area contributed by atoms with Gasteiger partial charge in [-0.1, -0.05) is 20.3 Å². The first-order chi connectivity index (χ1) is 4.70. The summed E-state index contributed by atoms with van der Waals surface area (Å²) in [6.45, 7) is 8.22. The molecule has 0 aromatic heterocycles. The van der Waals surface area contributed by atoms with E-state index in [-0.39, 0.29) is 37.0 Å². The molecule has 0 N–H and O–H groups in total. The maximum Gasteiger partial charge on any atom is 2.00 e. The van der Waals surface area contributed by atoms with Crippen molar-refractivity contribution in [2.45, 2.75) is 26.4 Å². The molecule has 0 saturated carbocycles. The normalized spacial score (nSPS) is 21.9. The fourth-order valence-electron chi connectivity index (χ4n) is 0.151. The van der Waals surface area contributed by atoms with Crippen molar-refractivity contribution in [3.8, 4) is 0 Å². The molecule has 0 aromatic carbocycles. The summed E-state index contributed by atoms with van der Waals surface area (Å²) in [5, 5.41) is 0.